The van der Waals surface area contributed by atoms with Gasteiger partial charge < -0.3 is 10.2 Å². The number of fused-ring (bicyclic) bond motifs is 2. The molecule has 0 bridgehead atoms. The van der Waals surface area contributed by atoms with E-state index < -0.39 is 11.9 Å². The Morgan fingerprint density at radius 2 is 2.12 bits per heavy atom. The van der Waals surface area contributed by atoms with Crippen LogP contribution in [0.5, 0.6) is 0 Å². The number of oxazole rings is 1. The van der Waals surface area contributed by atoms with Gasteiger partial charge in [-0.1, -0.05) is 0 Å². The number of hydroxylamine groups is 1. The molecule has 1 atom stereocenters. The number of carbonyl (C=O) groups excluding carboxylic acids is 1. The van der Waals surface area contributed by atoms with Gasteiger partial charge in [-0.15, -0.1) is 0 Å². The highest BCUT2D eigenvalue weighted by Crippen LogP contribution is 2.40. The Balaban J connectivity index is 1.68. The van der Waals surface area contributed by atoms with E-state index in [1.165, 1.54) is 29.2 Å². The van der Waals surface area contributed by atoms with Crippen LogP contribution in [0.1, 0.15) is 31.4 Å². The minimum Gasteiger partial charge on any atom is -0.444 e. The monoisotopic (exact) mass is 480 g/mol. The lowest BCUT2D eigenvalue weighted by atomic mass is 10.1. The molecular weight excluding hydrogens is 456 g/mol. The second kappa shape index (κ2) is 8.95. The smallest absolute Gasteiger partial charge is 0.267 e. The van der Waals surface area contributed by atoms with Gasteiger partial charge in [0.25, 0.3) is 5.91 Å². The van der Waals surface area contributed by atoms with Crippen molar-refractivity contribution in [3.63, 3.8) is 0 Å². The number of amides is 1. The first-order valence-electron chi connectivity index (χ1n) is 10.9. The van der Waals surface area contributed by atoms with Gasteiger partial charge in [0.1, 0.15) is 18.6 Å². The number of aromatic nitrogens is 5. The van der Waals surface area contributed by atoms with Crippen LogP contribution in [0.15, 0.2) is 45.4 Å². The lowest BCUT2D eigenvalue weighted by Crippen LogP contribution is -2.50. The van der Waals surface area contributed by atoms with Crippen LogP contribution in [0, 0.1) is 0 Å². The van der Waals surface area contributed by atoms with Crippen molar-refractivity contribution in [3.8, 4) is 11.5 Å². The fourth-order valence-corrected chi connectivity index (χ4v) is 5.37. The van der Waals surface area contributed by atoms with Crippen LogP contribution in [-0.4, -0.2) is 48.3 Å². The van der Waals surface area contributed by atoms with Crippen molar-refractivity contribution in [1.29, 1.82) is 0 Å². The van der Waals surface area contributed by atoms with Crippen LogP contribution in [0.2, 0.25) is 0 Å². The molecule has 0 spiro atoms. The highest BCUT2D eigenvalue weighted by Gasteiger charge is 2.28. The van der Waals surface area contributed by atoms with Crippen molar-refractivity contribution in [2.45, 2.75) is 49.2 Å². The highest BCUT2D eigenvalue weighted by molar-refractivity contribution is 7.99. The molecule has 4 aromatic rings. The van der Waals surface area contributed by atoms with Crippen molar-refractivity contribution in [1.82, 2.24) is 30.1 Å². The summed E-state index contributed by atoms with van der Waals surface area (Å²) in [5.74, 6) is 0.210. The predicted octanol–water partition coefficient (Wildman–Crippen LogP) is 2.56. The molecule has 0 radical (unpaired) electrons. The molecule has 1 aromatic carbocycles. The first-order valence-corrected chi connectivity index (χ1v) is 11.8. The van der Waals surface area contributed by atoms with Crippen LogP contribution in [-0.2, 0) is 17.6 Å². The number of aryl methyl sites for hydroxylation is 2. The van der Waals surface area contributed by atoms with E-state index in [-0.39, 0.29) is 5.82 Å². The van der Waals surface area contributed by atoms with E-state index in [1.54, 1.807) is 34.5 Å². The number of nitrogens with one attached hydrogen (secondary N) is 1. The number of nitrogens with zero attached hydrogens (tertiary/aromatic N) is 6. The van der Waals surface area contributed by atoms with E-state index in [1.807, 2.05) is 6.92 Å². The first-order chi connectivity index (χ1) is 16.5. The summed E-state index contributed by atoms with van der Waals surface area (Å²) < 4.78 is 7.39. The van der Waals surface area contributed by atoms with E-state index in [0.717, 1.165) is 29.7 Å². The molecule has 0 saturated carbocycles. The first kappa shape index (κ1) is 22.2. The molecule has 3 heterocycles. The number of nitrogen functional groups attached to an aromatic ring is 1. The van der Waals surface area contributed by atoms with Gasteiger partial charge in [-0.25, -0.2) is 30.1 Å². The topological polar surface area (TPSA) is 148 Å². The summed E-state index contributed by atoms with van der Waals surface area (Å²) in [6.45, 7) is 4.03. The maximum absolute atomic E-state index is 12.3. The maximum Gasteiger partial charge on any atom is 0.267 e. The number of rotatable bonds is 7. The molecular formula is C22H24N8O3S. The van der Waals surface area contributed by atoms with E-state index in [0.29, 0.717) is 28.8 Å². The van der Waals surface area contributed by atoms with Gasteiger partial charge >= 0.3 is 0 Å². The number of nitrogens with two attached hydrogens (primary N) is 1. The number of hydrogen-bond acceptors (Lipinski definition) is 10. The van der Waals surface area contributed by atoms with Crippen LogP contribution < -0.4 is 16.2 Å². The molecule has 5 rings (SSSR count). The Morgan fingerprint density at radius 1 is 1.32 bits per heavy atom. The Labute approximate surface area is 199 Å². The standard InChI is InChI=1S/C22H24N8O3S/c1-3-29(12(2)20(31)28-32)30-19-17(18(23)25-11-26-19)27-22(30)34-16-10-14-6-4-5-13(14)9-15(16)21-24-7-8-33-21/h7-12,32H,3-6H2,1-2H3,(H,28,31)(H2,23,25,26). The molecule has 1 aliphatic rings. The van der Waals surface area contributed by atoms with E-state index in [9.17, 15) is 10.0 Å². The summed E-state index contributed by atoms with van der Waals surface area (Å²) in [5.41, 5.74) is 12.2. The average molecular weight is 481 g/mol. The van der Waals surface area contributed by atoms with Crippen LogP contribution >= 0.6 is 11.8 Å². The molecule has 1 aliphatic carbocycles. The molecule has 34 heavy (non-hydrogen) atoms. The van der Waals surface area contributed by atoms with Crippen LogP contribution in [0.25, 0.3) is 22.6 Å². The highest BCUT2D eigenvalue weighted by atomic mass is 32.2. The number of likely N-dealkylation sites (N-methyl/N-ethyl adjacent to an activating group) is 1. The molecule has 3 aromatic heterocycles. The zero-order chi connectivity index (χ0) is 23.8. The number of anilines is 1. The second-order valence-electron chi connectivity index (χ2n) is 7.95. The Bertz CT molecular complexity index is 1350. The van der Waals surface area contributed by atoms with Gasteiger partial charge in [-0.3, -0.25) is 15.0 Å². The molecule has 0 fully saturated rings. The van der Waals surface area contributed by atoms with Gasteiger partial charge in [-0.2, -0.15) is 0 Å². The molecule has 1 amide bonds. The quantitative estimate of drug-likeness (QED) is 0.266. The maximum atomic E-state index is 12.3. The van der Waals surface area contributed by atoms with Crippen LogP contribution in [0.3, 0.4) is 0 Å². The zero-order valence-corrected chi connectivity index (χ0v) is 19.5. The SMILES string of the molecule is CCN(C(C)C(=O)NO)n1c(Sc2cc3c(cc2-c2ncco2)CCC3)nc2c(N)ncnc21. The normalized spacial score (nSPS) is 13.7. The van der Waals surface area contributed by atoms with E-state index >= 15 is 0 Å². The van der Waals surface area contributed by atoms with Gasteiger partial charge in [-0.05, 0) is 68.1 Å². The Kier molecular flexibility index (Phi) is 5.84. The number of hydrogen-bond donors (Lipinski definition) is 3. The summed E-state index contributed by atoms with van der Waals surface area (Å²) in [7, 11) is 0. The zero-order valence-electron chi connectivity index (χ0n) is 18.7. The third-order valence-corrected chi connectivity index (χ3v) is 7.00. The van der Waals surface area contributed by atoms with E-state index in [4.69, 9.17) is 15.1 Å². The summed E-state index contributed by atoms with van der Waals surface area (Å²) in [6, 6.07) is 3.58. The molecule has 4 N–H and O–H groups in total. The average Bonchev–Trinajstić information content (AvgIpc) is 3.59. The molecule has 1 unspecified atom stereocenters. The van der Waals surface area contributed by atoms with Gasteiger partial charge in [0.2, 0.25) is 5.89 Å². The van der Waals surface area contributed by atoms with Crippen molar-refractivity contribution in [2.24, 2.45) is 0 Å². The van der Waals surface area contributed by atoms with Crippen molar-refractivity contribution < 1.29 is 14.4 Å². The summed E-state index contributed by atoms with van der Waals surface area (Å²) in [6.07, 6.45) is 7.68. The fraction of sp³-hybridized carbons (Fsp3) is 0.318. The van der Waals surface area contributed by atoms with Gasteiger partial charge in [0.15, 0.2) is 22.1 Å². The summed E-state index contributed by atoms with van der Waals surface area (Å²) in [4.78, 5) is 30.8. The third-order valence-electron chi connectivity index (χ3n) is 6.00. The number of imidazole rings is 1. The van der Waals surface area contributed by atoms with E-state index in [2.05, 4.69) is 27.1 Å². The second-order valence-corrected chi connectivity index (χ2v) is 8.96. The van der Waals surface area contributed by atoms with Crippen molar-refractivity contribution in [2.75, 3.05) is 17.3 Å². The summed E-state index contributed by atoms with van der Waals surface area (Å²) in [5, 5.41) is 11.5. The molecule has 176 valence electrons. The van der Waals surface area contributed by atoms with Gasteiger partial charge in [0, 0.05) is 11.4 Å². The van der Waals surface area contributed by atoms with Crippen LogP contribution in [0.4, 0.5) is 5.82 Å². The fourth-order valence-electron chi connectivity index (χ4n) is 4.30. The largest absolute Gasteiger partial charge is 0.444 e. The molecule has 11 nitrogen and oxygen atoms in total. The van der Waals surface area contributed by atoms with Crippen molar-refractivity contribution >= 4 is 34.7 Å². The Morgan fingerprint density at radius 3 is 2.82 bits per heavy atom. The third kappa shape index (κ3) is 3.74. The lowest BCUT2D eigenvalue weighted by molar-refractivity contribution is -0.130. The number of carbonyl (C=O) groups is 1. The molecule has 12 heteroatoms. The molecule has 0 aliphatic heterocycles. The van der Waals surface area contributed by atoms with Crippen molar-refractivity contribution in [3.05, 3.63) is 42.0 Å². The molecule has 0 saturated heterocycles. The predicted molar refractivity (Wildman–Crippen MR) is 126 cm³/mol. The number of benzene rings is 1. The minimum atomic E-state index is -0.714. The van der Waals surface area contributed by atoms with Gasteiger partial charge in [0.05, 0.1) is 11.8 Å². The summed E-state index contributed by atoms with van der Waals surface area (Å²) >= 11 is 1.41. The Hall–Kier alpha value is -3.64. The minimum absolute atomic E-state index is 0.239. The lowest BCUT2D eigenvalue weighted by Gasteiger charge is -2.30.